The number of hydrogen-bond acceptors (Lipinski definition) is 7. The molecule has 1 saturated heterocycles. The molecule has 1 aliphatic heterocycles. The minimum Gasteiger partial charge on any atom is -0.415 e. The molecule has 52 heavy (non-hydrogen) atoms. The number of nitrogens with two attached hydrogens (primary N) is 1. The Bertz CT molecular complexity index is 1300. The van der Waals surface area contributed by atoms with E-state index in [4.69, 9.17) is 35.0 Å². The molecule has 0 amide bonds. The zero-order valence-electron chi connectivity index (χ0n) is 37.3. The molecule has 3 N–H and O–H groups in total. The highest BCUT2D eigenvalue weighted by atomic mass is 35.5. The van der Waals surface area contributed by atoms with Gasteiger partial charge in [-0.3, -0.25) is 4.90 Å². The van der Waals surface area contributed by atoms with E-state index in [1.54, 1.807) is 0 Å². The van der Waals surface area contributed by atoms with Crippen molar-refractivity contribution in [3.8, 4) is 0 Å². The topological polar surface area (TPSA) is 78.2 Å². The van der Waals surface area contributed by atoms with Crippen molar-refractivity contribution in [2.45, 2.75) is 186 Å². The number of benzene rings is 1. The number of nitrogens with zero attached hydrogens (tertiary/aromatic N) is 1. The Labute approximate surface area is 330 Å². The van der Waals surface area contributed by atoms with Gasteiger partial charge in [-0.15, -0.1) is 0 Å². The average molecular weight is 817 g/mol. The minimum atomic E-state index is -2.29. The molecule has 1 aromatic carbocycles. The average Bonchev–Trinajstić information content (AvgIpc) is 2.93. The first-order valence-electron chi connectivity index (χ1n) is 19.8. The summed E-state index contributed by atoms with van der Waals surface area (Å²) in [7, 11) is -8.87. The van der Waals surface area contributed by atoms with Crippen molar-refractivity contribution in [1.29, 1.82) is 0 Å². The minimum absolute atomic E-state index is 0.00805. The van der Waals surface area contributed by atoms with Gasteiger partial charge in [0.15, 0.2) is 33.3 Å². The maximum Gasteiger partial charge on any atom is 0.192 e. The van der Waals surface area contributed by atoms with Gasteiger partial charge in [0, 0.05) is 36.9 Å². The van der Waals surface area contributed by atoms with Crippen molar-refractivity contribution in [2.24, 2.45) is 5.73 Å². The van der Waals surface area contributed by atoms with Crippen LogP contribution in [0.5, 0.6) is 0 Å². The number of piperidine rings is 1. The number of anilines is 1. The standard InChI is InChI=1S/C40H82ClN3O4Si4/c1-37(2,3)49(13,14)45-29-33-35(47-51(17,18)39(7,8)9)36(48-52(19,20)40(10,11)12)34(46-50(15,16)38(4,5)6)28-44(33)24-21-30-25-31(41)27-32(26-30)43-23-22-42/h25-27,33-36,43H,21-24,28-29,42H2,1-20H3/t33-,34?,35?,36?/m1/s1. The molecule has 4 atom stereocenters. The highest BCUT2D eigenvalue weighted by Gasteiger charge is 2.55. The van der Waals surface area contributed by atoms with Gasteiger partial charge < -0.3 is 28.8 Å². The lowest BCUT2D eigenvalue weighted by Gasteiger charge is -2.56. The molecule has 1 heterocycles. The van der Waals surface area contributed by atoms with Crippen molar-refractivity contribution in [1.82, 2.24) is 4.90 Å². The van der Waals surface area contributed by atoms with Gasteiger partial charge in [0.25, 0.3) is 0 Å². The summed E-state index contributed by atoms with van der Waals surface area (Å²) in [5, 5.41) is 4.34. The number of nitrogens with one attached hydrogen (secondary N) is 1. The van der Waals surface area contributed by atoms with Gasteiger partial charge in [-0.1, -0.05) is 94.7 Å². The first-order chi connectivity index (χ1) is 23.2. The summed E-state index contributed by atoms with van der Waals surface area (Å²) in [5.74, 6) is 0. The van der Waals surface area contributed by atoms with Gasteiger partial charge in [-0.25, -0.2) is 0 Å². The maximum atomic E-state index is 7.70. The lowest BCUT2D eigenvalue weighted by atomic mass is 9.93. The van der Waals surface area contributed by atoms with Crippen molar-refractivity contribution in [2.75, 3.05) is 38.1 Å². The highest BCUT2D eigenvalue weighted by Crippen LogP contribution is 2.46. The van der Waals surface area contributed by atoms with E-state index in [9.17, 15) is 0 Å². The second-order valence-electron chi connectivity index (χ2n) is 21.5. The number of likely N-dealkylation sites (tertiary alicyclic amines) is 1. The quantitative estimate of drug-likeness (QED) is 0.171. The second kappa shape index (κ2) is 17.2. The van der Waals surface area contributed by atoms with E-state index in [0.29, 0.717) is 19.7 Å². The third-order valence-corrected chi connectivity index (χ3v) is 31.4. The first-order valence-corrected chi connectivity index (χ1v) is 31.8. The fraction of sp³-hybridized carbons (Fsp3) is 0.850. The van der Waals surface area contributed by atoms with Gasteiger partial charge in [0.2, 0.25) is 0 Å². The van der Waals surface area contributed by atoms with Crippen LogP contribution in [0.15, 0.2) is 18.2 Å². The monoisotopic (exact) mass is 816 g/mol. The van der Waals surface area contributed by atoms with Crippen LogP contribution in [0.3, 0.4) is 0 Å². The normalized spacial score (nSPS) is 22.2. The van der Waals surface area contributed by atoms with E-state index in [1.807, 2.05) is 6.07 Å². The summed E-state index contributed by atoms with van der Waals surface area (Å²) >= 11 is 6.67. The SMILES string of the molecule is CC(C)(C)[Si](C)(C)OC[C@@H]1C(O[Si](C)(C)C(C)(C)C)C(O[Si](C)(C)C(C)(C)C)C(O[Si](C)(C)C(C)(C)C)CN1CCc1cc(Cl)cc(NCCN)c1. The third kappa shape index (κ3) is 12.5. The lowest BCUT2D eigenvalue weighted by Crippen LogP contribution is -2.70. The maximum absolute atomic E-state index is 7.70. The summed E-state index contributed by atoms with van der Waals surface area (Å²) in [6.45, 7) is 50.4. The van der Waals surface area contributed by atoms with Crippen LogP contribution in [-0.2, 0) is 24.1 Å². The molecule has 1 aromatic rings. The summed E-state index contributed by atoms with van der Waals surface area (Å²) < 4.78 is 30.0. The van der Waals surface area contributed by atoms with Crippen LogP contribution in [0, 0.1) is 0 Å². The van der Waals surface area contributed by atoms with Crippen LogP contribution in [0.1, 0.15) is 88.6 Å². The highest BCUT2D eigenvalue weighted by molar-refractivity contribution is 6.75. The van der Waals surface area contributed by atoms with Gasteiger partial charge >= 0.3 is 0 Å². The molecular weight excluding hydrogens is 734 g/mol. The number of rotatable bonds is 15. The molecule has 1 fully saturated rings. The summed E-state index contributed by atoms with van der Waals surface area (Å²) in [6, 6.07) is 6.28. The van der Waals surface area contributed by atoms with Gasteiger partial charge in [-0.2, -0.15) is 0 Å². The van der Waals surface area contributed by atoms with E-state index in [1.165, 1.54) is 5.56 Å². The third-order valence-electron chi connectivity index (χ3n) is 13.2. The molecule has 7 nitrogen and oxygen atoms in total. The summed E-state index contributed by atoms with van der Waals surface area (Å²) in [5.41, 5.74) is 8.01. The molecule has 304 valence electrons. The predicted molar refractivity (Wildman–Crippen MR) is 237 cm³/mol. The Morgan fingerprint density at radius 1 is 0.692 bits per heavy atom. The molecule has 2 rings (SSSR count). The van der Waals surface area contributed by atoms with E-state index < -0.39 is 33.3 Å². The lowest BCUT2D eigenvalue weighted by molar-refractivity contribution is -0.128. The first kappa shape index (κ1) is 48.1. The molecule has 3 unspecified atom stereocenters. The molecular formula is C40H82ClN3O4Si4. The predicted octanol–water partition coefficient (Wildman–Crippen LogP) is 11.1. The molecule has 1 aliphatic rings. The van der Waals surface area contributed by atoms with Crippen molar-refractivity contribution < 1.29 is 17.7 Å². The Kier molecular flexibility index (Phi) is 15.9. The van der Waals surface area contributed by atoms with Crippen molar-refractivity contribution >= 4 is 50.6 Å². The van der Waals surface area contributed by atoms with Crippen LogP contribution < -0.4 is 11.1 Å². The van der Waals surface area contributed by atoms with E-state index in [-0.39, 0.29) is 44.5 Å². The van der Waals surface area contributed by atoms with Gasteiger partial charge in [0.1, 0.15) is 0 Å². The summed E-state index contributed by atoms with van der Waals surface area (Å²) in [6.07, 6.45) is 0.258. The Morgan fingerprint density at radius 2 is 1.15 bits per heavy atom. The van der Waals surface area contributed by atoms with Crippen molar-refractivity contribution in [3.63, 3.8) is 0 Å². The zero-order chi connectivity index (χ0) is 40.5. The van der Waals surface area contributed by atoms with E-state index in [2.05, 4.69) is 158 Å². The Hall–Kier alpha value is -0.0625. The van der Waals surface area contributed by atoms with Crippen LogP contribution in [0.2, 0.25) is 77.6 Å². The van der Waals surface area contributed by atoms with Crippen molar-refractivity contribution in [3.05, 3.63) is 28.8 Å². The van der Waals surface area contributed by atoms with Crippen LogP contribution in [-0.4, -0.2) is 95.3 Å². The number of halogens is 1. The van der Waals surface area contributed by atoms with Gasteiger partial charge in [0.05, 0.1) is 31.0 Å². The van der Waals surface area contributed by atoms with E-state index >= 15 is 0 Å². The smallest absolute Gasteiger partial charge is 0.192 e. The fourth-order valence-corrected chi connectivity index (χ4v) is 10.7. The number of hydrogen-bond donors (Lipinski definition) is 2. The second-order valence-corrected chi connectivity index (χ2v) is 41.1. The Balaban J connectivity index is 2.84. The Morgan fingerprint density at radius 3 is 1.62 bits per heavy atom. The molecule has 0 spiro atoms. The van der Waals surface area contributed by atoms with Crippen LogP contribution in [0.4, 0.5) is 5.69 Å². The summed E-state index contributed by atoms with van der Waals surface area (Å²) in [4.78, 5) is 2.63. The van der Waals surface area contributed by atoms with Gasteiger partial charge in [-0.05, 0) is 103 Å². The van der Waals surface area contributed by atoms with E-state index in [0.717, 1.165) is 30.2 Å². The molecule has 0 radical (unpaired) electrons. The van der Waals surface area contributed by atoms with Crippen LogP contribution in [0.25, 0.3) is 0 Å². The molecule has 0 bridgehead atoms. The molecule has 0 aromatic heterocycles. The fourth-order valence-electron chi connectivity index (χ4n) is 5.44. The zero-order valence-corrected chi connectivity index (χ0v) is 42.1. The van der Waals surface area contributed by atoms with Crippen LogP contribution >= 0.6 is 11.6 Å². The molecule has 0 aliphatic carbocycles. The molecule has 0 saturated carbocycles. The molecule has 12 heteroatoms. The largest absolute Gasteiger partial charge is 0.415 e.